The number of aryl methyl sites for hydroxylation is 1. The molecule has 0 aliphatic rings. The predicted octanol–water partition coefficient (Wildman–Crippen LogP) is 5.68. The molecule has 26 heavy (non-hydrogen) atoms. The van der Waals surface area contributed by atoms with Gasteiger partial charge in [-0.05, 0) is 36.2 Å². The fraction of sp³-hybridized carbons (Fsp3) is 0.0417. The van der Waals surface area contributed by atoms with Crippen LogP contribution in [0.2, 0.25) is 0 Å². The zero-order valence-electron chi connectivity index (χ0n) is 14.6. The highest BCUT2D eigenvalue weighted by atomic mass is 16.1. The number of carbonyl (C=O) groups is 1. The second kappa shape index (κ2) is 6.85. The van der Waals surface area contributed by atoms with Crippen LogP contribution in [0.1, 0.15) is 21.6 Å². The first-order valence-electron chi connectivity index (χ1n) is 8.68. The van der Waals surface area contributed by atoms with Crippen LogP contribution in [0.3, 0.4) is 0 Å². The van der Waals surface area contributed by atoms with Crippen molar-refractivity contribution in [1.29, 1.82) is 0 Å². The van der Waals surface area contributed by atoms with E-state index in [0.29, 0.717) is 11.3 Å². The van der Waals surface area contributed by atoms with Crippen molar-refractivity contribution in [1.82, 2.24) is 4.57 Å². The predicted molar refractivity (Wildman–Crippen MR) is 106 cm³/mol. The van der Waals surface area contributed by atoms with E-state index in [9.17, 15) is 4.79 Å². The molecular weight excluding hydrogens is 318 g/mol. The Kier molecular flexibility index (Phi) is 4.24. The van der Waals surface area contributed by atoms with Crippen molar-refractivity contribution in [3.8, 4) is 16.9 Å². The zero-order valence-corrected chi connectivity index (χ0v) is 14.6. The molecular formula is C24H19NO. The molecule has 3 aromatic carbocycles. The van der Waals surface area contributed by atoms with Crippen molar-refractivity contribution in [3.05, 3.63) is 114 Å². The Morgan fingerprint density at radius 2 is 1.27 bits per heavy atom. The normalized spacial score (nSPS) is 10.7. The lowest BCUT2D eigenvalue weighted by Gasteiger charge is -2.14. The van der Waals surface area contributed by atoms with Crippen molar-refractivity contribution in [2.45, 2.75) is 6.92 Å². The van der Waals surface area contributed by atoms with E-state index in [0.717, 1.165) is 22.5 Å². The molecule has 0 aliphatic carbocycles. The molecule has 0 unspecified atom stereocenters. The van der Waals surface area contributed by atoms with Crippen LogP contribution in [0, 0.1) is 6.92 Å². The second-order valence-corrected chi connectivity index (χ2v) is 6.29. The molecule has 0 spiro atoms. The molecule has 4 aromatic rings. The Hall–Kier alpha value is -3.39. The number of benzene rings is 3. The van der Waals surface area contributed by atoms with Gasteiger partial charge in [-0.1, -0.05) is 78.9 Å². The number of nitrogens with zero attached hydrogens (tertiary/aromatic N) is 1. The lowest BCUT2D eigenvalue weighted by atomic mass is 10.1. The fourth-order valence-corrected chi connectivity index (χ4v) is 3.31. The summed E-state index contributed by atoms with van der Waals surface area (Å²) in [5.74, 6) is 0.0362. The van der Waals surface area contributed by atoms with Crippen LogP contribution in [0.5, 0.6) is 0 Å². The van der Waals surface area contributed by atoms with Gasteiger partial charge in [-0.3, -0.25) is 4.79 Å². The third-order valence-electron chi connectivity index (χ3n) is 4.53. The first kappa shape index (κ1) is 16.1. The van der Waals surface area contributed by atoms with Gasteiger partial charge in [0.25, 0.3) is 0 Å². The van der Waals surface area contributed by atoms with Crippen LogP contribution in [0.15, 0.2) is 97.1 Å². The van der Waals surface area contributed by atoms with Gasteiger partial charge in [0.2, 0.25) is 5.78 Å². The van der Waals surface area contributed by atoms with Crippen LogP contribution in [-0.4, -0.2) is 10.4 Å². The molecule has 1 aromatic heterocycles. The van der Waals surface area contributed by atoms with Crippen LogP contribution in [-0.2, 0) is 0 Å². The maximum atomic E-state index is 13.3. The van der Waals surface area contributed by atoms with Gasteiger partial charge in [0.1, 0.15) is 0 Å². The fourth-order valence-electron chi connectivity index (χ4n) is 3.31. The molecule has 0 aliphatic heterocycles. The Labute approximate surface area is 153 Å². The maximum absolute atomic E-state index is 13.3. The SMILES string of the molecule is Cc1cc(-c2ccccc2)n(-c2ccccc2)c1C(=O)c1ccccc1. The molecule has 0 saturated heterocycles. The molecule has 0 bridgehead atoms. The highest BCUT2D eigenvalue weighted by molar-refractivity contribution is 6.10. The molecule has 0 atom stereocenters. The highest BCUT2D eigenvalue weighted by Gasteiger charge is 2.21. The van der Waals surface area contributed by atoms with Crippen LogP contribution in [0.4, 0.5) is 0 Å². The molecule has 0 radical (unpaired) electrons. The average molecular weight is 337 g/mol. The molecule has 0 amide bonds. The van der Waals surface area contributed by atoms with Gasteiger partial charge >= 0.3 is 0 Å². The summed E-state index contributed by atoms with van der Waals surface area (Å²) in [6.45, 7) is 2.00. The summed E-state index contributed by atoms with van der Waals surface area (Å²) in [5, 5.41) is 0. The highest BCUT2D eigenvalue weighted by Crippen LogP contribution is 2.30. The molecule has 2 nitrogen and oxygen atoms in total. The minimum Gasteiger partial charge on any atom is -0.306 e. The molecule has 2 heteroatoms. The van der Waals surface area contributed by atoms with Crippen molar-refractivity contribution in [3.63, 3.8) is 0 Å². The van der Waals surface area contributed by atoms with Crippen LogP contribution < -0.4 is 0 Å². The quantitative estimate of drug-likeness (QED) is 0.439. The van der Waals surface area contributed by atoms with Gasteiger partial charge < -0.3 is 4.57 Å². The first-order valence-corrected chi connectivity index (χ1v) is 8.68. The van der Waals surface area contributed by atoms with Crippen molar-refractivity contribution >= 4 is 5.78 Å². The minimum absolute atomic E-state index is 0.0362. The second-order valence-electron chi connectivity index (χ2n) is 6.29. The van der Waals surface area contributed by atoms with Gasteiger partial charge in [-0.25, -0.2) is 0 Å². The maximum Gasteiger partial charge on any atom is 0.210 e. The van der Waals surface area contributed by atoms with E-state index in [1.807, 2.05) is 85.8 Å². The van der Waals surface area contributed by atoms with E-state index >= 15 is 0 Å². The number of ketones is 1. The largest absolute Gasteiger partial charge is 0.306 e. The molecule has 0 N–H and O–H groups in total. The summed E-state index contributed by atoms with van der Waals surface area (Å²) in [7, 11) is 0. The van der Waals surface area contributed by atoms with E-state index in [1.165, 1.54) is 0 Å². The minimum atomic E-state index is 0.0362. The Morgan fingerprint density at radius 1 is 0.731 bits per heavy atom. The summed E-state index contributed by atoms with van der Waals surface area (Å²) < 4.78 is 2.07. The Morgan fingerprint density at radius 3 is 1.88 bits per heavy atom. The summed E-state index contributed by atoms with van der Waals surface area (Å²) in [4.78, 5) is 13.3. The van der Waals surface area contributed by atoms with Crippen molar-refractivity contribution in [2.75, 3.05) is 0 Å². The van der Waals surface area contributed by atoms with Gasteiger partial charge in [-0.2, -0.15) is 0 Å². The number of carbonyl (C=O) groups excluding carboxylic acids is 1. The lowest BCUT2D eigenvalue weighted by Crippen LogP contribution is -2.11. The van der Waals surface area contributed by atoms with Gasteiger partial charge in [0.05, 0.1) is 11.4 Å². The zero-order chi connectivity index (χ0) is 17.9. The van der Waals surface area contributed by atoms with Gasteiger partial charge in [0.15, 0.2) is 0 Å². The first-order chi connectivity index (χ1) is 12.8. The Bertz CT molecular complexity index is 1030. The number of rotatable bonds is 4. The molecule has 0 fully saturated rings. The molecule has 4 rings (SSSR count). The lowest BCUT2D eigenvalue weighted by molar-refractivity contribution is 0.103. The molecule has 0 saturated carbocycles. The molecule has 1 heterocycles. The summed E-state index contributed by atoms with van der Waals surface area (Å²) >= 11 is 0. The van der Waals surface area contributed by atoms with Crippen LogP contribution in [0.25, 0.3) is 16.9 Å². The monoisotopic (exact) mass is 337 g/mol. The van der Waals surface area contributed by atoms with Gasteiger partial charge in [0, 0.05) is 11.3 Å². The molecule has 126 valence electrons. The van der Waals surface area contributed by atoms with Crippen LogP contribution >= 0.6 is 0 Å². The van der Waals surface area contributed by atoms with Gasteiger partial charge in [-0.15, -0.1) is 0 Å². The van der Waals surface area contributed by atoms with Crippen molar-refractivity contribution < 1.29 is 4.79 Å². The number of hydrogen-bond donors (Lipinski definition) is 0. The van der Waals surface area contributed by atoms with E-state index < -0.39 is 0 Å². The van der Waals surface area contributed by atoms with E-state index in [1.54, 1.807) is 0 Å². The smallest absolute Gasteiger partial charge is 0.210 e. The third-order valence-corrected chi connectivity index (χ3v) is 4.53. The number of aromatic nitrogens is 1. The van der Waals surface area contributed by atoms with E-state index in [-0.39, 0.29) is 5.78 Å². The summed E-state index contributed by atoms with van der Waals surface area (Å²) in [6, 6.07) is 31.8. The average Bonchev–Trinajstić information content (AvgIpc) is 3.06. The van der Waals surface area contributed by atoms with Crippen molar-refractivity contribution in [2.24, 2.45) is 0 Å². The number of para-hydroxylation sites is 1. The van der Waals surface area contributed by atoms with E-state index in [2.05, 4.69) is 22.8 Å². The number of hydrogen-bond acceptors (Lipinski definition) is 1. The topological polar surface area (TPSA) is 22.0 Å². The summed E-state index contributed by atoms with van der Waals surface area (Å²) in [5.41, 5.74) is 5.48. The summed E-state index contributed by atoms with van der Waals surface area (Å²) in [6.07, 6.45) is 0. The van der Waals surface area contributed by atoms with E-state index in [4.69, 9.17) is 0 Å². The standard InChI is InChI=1S/C24H19NO/c1-18-17-22(19-11-5-2-6-12-19)25(21-15-9-4-10-16-21)23(18)24(26)20-13-7-3-8-14-20/h2-17H,1H3. The Balaban J connectivity index is 1.97. The third kappa shape index (κ3) is 2.86.